The van der Waals surface area contributed by atoms with E-state index in [1.165, 1.54) is 19.5 Å². The number of nitrogens with zero attached hydrogens (tertiary/aromatic N) is 2. The average molecular weight is 335 g/mol. The van der Waals surface area contributed by atoms with E-state index >= 15 is 0 Å². The summed E-state index contributed by atoms with van der Waals surface area (Å²) in [6.07, 6.45) is 1.96. The van der Waals surface area contributed by atoms with E-state index in [2.05, 4.69) is 11.9 Å². The first-order chi connectivity index (χ1) is 11.0. The maximum Gasteiger partial charge on any atom is 0.147 e. The summed E-state index contributed by atoms with van der Waals surface area (Å²) in [4.78, 5) is 4.38. The van der Waals surface area contributed by atoms with Gasteiger partial charge in [0.25, 0.3) is 0 Å². The molecule has 0 radical (unpaired) electrons. The Balaban J connectivity index is 0.000000347. The van der Waals surface area contributed by atoms with Crippen LogP contribution in [0.3, 0.4) is 0 Å². The number of rotatable bonds is 2. The lowest BCUT2D eigenvalue weighted by atomic mass is 9.85. The highest BCUT2D eigenvalue weighted by atomic mass is 19.1. The summed E-state index contributed by atoms with van der Waals surface area (Å²) in [5.41, 5.74) is -0.488. The third-order valence-corrected chi connectivity index (χ3v) is 4.34. The fourth-order valence-electron chi connectivity index (χ4n) is 3.19. The summed E-state index contributed by atoms with van der Waals surface area (Å²) >= 11 is 0. The van der Waals surface area contributed by atoms with Gasteiger partial charge in [0.1, 0.15) is 5.67 Å². The van der Waals surface area contributed by atoms with Crippen LogP contribution in [0, 0.1) is 5.41 Å². The zero-order valence-corrected chi connectivity index (χ0v) is 16.5. The number of alkyl halides is 1. The van der Waals surface area contributed by atoms with Gasteiger partial charge in [0, 0.05) is 32.2 Å². The number of likely N-dealkylation sites (tertiary alicyclic amines) is 2. The van der Waals surface area contributed by atoms with Gasteiger partial charge in [-0.15, -0.1) is 0 Å². The molecule has 0 amide bonds. The van der Waals surface area contributed by atoms with E-state index < -0.39 is 5.67 Å². The molecule has 3 aliphatic heterocycles. The standard InChI is InChI=1S/C7H14FNO.C7H13NO.2C2H6/c1-9-4-3-7(8,5-9)6-10-2;1-8-3-2-7(4-8)5-9-6-7;2*1-2/h3-6H2,1-2H3;2-6H2,1H3;2*1-2H3. The lowest BCUT2D eigenvalue weighted by Crippen LogP contribution is -2.44. The molecule has 0 aromatic heterocycles. The van der Waals surface area contributed by atoms with Crippen molar-refractivity contribution in [3.05, 3.63) is 0 Å². The number of hydrogen-bond donors (Lipinski definition) is 0. The number of hydrogen-bond acceptors (Lipinski definition) is 4. The van der Waals surface area contributed by atoms with Gasteiger partial charge >= 0.3 is 0 Å². The van der Waals surface area contributed by atoms with E-state index in [4.69, 9.17) is 9.47 Å². The van der Waals surface area contributed by atoms with Crippen molar-refractivity contribution in [2.45, 2.75) is 46.2 Å². The molecule has 0 aromatic carbocycles. The van der Waals surface area contributed by atoms with E-state index in [1.807, 2.05) is 39.6 Å². The number of ether oxygens (including phenoxy) is 2. The molecule has 23 heavy (non-hydrogen) atoms. The first-order valence-corrected chi connectivity index (χ1v) is 9.10. The van der Waals surface area contributed by atoms with Crippen LogP contribution < -0.4 is 0 Å². The highest BCUT2D eigenvalue weighted by molar-refractivity contribution is 4.93. The van der Waals surface area contributed by atoms with Crippen molar-refractivity contribution in [1.82, 2.24) is 9.80 Å². The van der Waals surface area contributed by atoms with Crippen molar-refractivity contribution >= 4 is 0 Å². The molecule has 3 saturated heterocycles. The Kier molecular flexibility index (Phi) is 11.2. The van der Waals surface area contributed by atoms with E-state index in [1.54, 1.807) is 7.11 Å². The van der Waals surface area contributed by atoms with Gasteiger partial charge in [-0.3, -0.25) is 0 Å². The molecule has 0 saturated carbocycles. The molecule has 4 nitrogen and oxygen atoms in total. The first kappa shape index (κ1) is 22.8. The second kappa shape index (κ2) is 11.3. The summed E-state index contributed by atoms with van der Waals surface area (Å²) in [6.45, 7) is 14.1. The van der Waals surface area contributed by atoms with Crippen LogP contribution >= 0.6 is 0 Å². The Morgan fingerprint density at radius 3 is 1.74 bits per heavy atom. The largest absolute Gasteiger partial charge is 0.381 e. The molecular weight excluding hydrogens is 295 g/mol. The molecule has 3 fully saturated rings. The molecule has 0 N–H and O–H groups in total. The molecule has 1 unspecified atom stereocenters. The fourth-order valence-corrected chi connectivity index (χ4v) is 3.19. The summed E-state index contributed by atoms with van der Waals surface area (Å²) in [5.74, 6) is 0. The molecular formula is C18H39FN2O2. The minimum absolute atomic E-state index is 0.233. The minimum Gasteiger partial charge on any atom is -0.381 e. The van der Waals surface area contributed by atoms with Crippen molar-refractivity contribution in [3.8, 4) is 0 Å². The second-order valence-electron chi connectivity index (χ2n) is 6.55. The average Bonchev–Trinajstić information content (AvgIpc) is 3.07. The van der Waals surface area contributed by atoms with Crippen LogP contribution in [0.25, 0.3) is 0 Å². The lowest BCUT2D eigenvalue weighted by molar-refractivity contribution is -0.104. The summed E-state index contributed by atoms with van der Waals surface area (Å²) < 4.78 is 23.4. The van der Waals surface area contributed by atoms with Gasteiger partial charge in [-0.1, -0.05) is 27.7 Å². The topological polar surface area (TPSA) is 24.9 Å². The number of halogens is 1. The van der Waals surface area contributed by atoms with Gasteiger partial charge in [0.15, 0.2) is 0 Å². The quantitative estimate of drug-likeness (QED) is 0.775. The Hall–Kier alpha value is -0.230. The summed E-state index contributed by atoms with van der Waals surface area (Å²) in [6, 6.07) is 0. The Morgan fingerprint density at radius 1 is 0.957 bits per heavy atom. The van der Waals surface area contributed by atoms with Crippen molar-refractivity contribution in [1.29, 1.82) is 0 Å². The van der Waals surface area contributed by atoms with E-state index in [9.17, 15) is 4.39 Å². The maximum absolute atomic E-state index is 13.4. The van der Waals surface area contributed by atoms with Gasteiger partial charge in [-0.2, -0.15) is 0 Å². The highest BCUT2D eigenvalue weighted by Crippen LogP contribution is 2.36. The van der Waals surface area contributed by atoms with Crippen LogP contribution in [-0.4, -0.2) is 82.7 Å². The smallest absolute Gasteiger partial charge is 0.147 e. The van der Waals surface area contributed by atoms with Crippen molar-refractivity contribution in [2.24, 2.45) is 5.41 Å². The summed E-state index contributed by atoms with van der Waals surface area (Å²) in [7, 11) is 5.66. The molecule has 3 heterocycles. The Bertz CT molecular complexity index is 297. The van der Waals surface area contributed by atoms with Gasteiger partial charge in [0.05, 0.1) is 19.8 Å². The van der Waals surface area contributed by atoms with Gasteiger partial charge in [-0.25, -0.2) is 4.39 Å². The van der Waals surface area contributed by atoms with Gasteiger partial charge in [-0.05, 0) is 33.5 Å². The van der Waals surface area contributed by atoms with E-state index in [0.717, 1.165) is 19.8 Å². The molecule has 5 heteroatoms. The highest BCUT2D eigenvalue weighted by Gasteiger charge is 2.43. The predicted octanol–water partition coefficient (Wildman–Crippen LogP) is 3.07. The van der Waals surface area contributed by atoms with Crippen LogP contribution in [0.15, 0.2) is 0 Å². The normalized spacial score (nSPS) is 28.7. The molecule has 3 rings (SSSR count). The van der Waals surface area contributed by atoms with Crippen LogP contribution in [0.1, 0.15) is 40.5 Å². The zero-order chi connectivity index (χ0) is 17.9. The second-order valence-corrected chi connectivity index (χ2v) is 6.55. The van der Waals surface area contributed by atoms with Crippen LogP contribution in [0.5, 0.6) is 0 Å². The fraction of sp³-hybridized carbons (Fsp3) is 1.00. The first-order valence-electron chi connectivity index (χ1n) is 9.10. The maximum atomic E-state index is 13.4. The van der Waals surface area contributed by atoms with Crippen LogP contribution in [-0.2, 0) is 9.47 Å². The Morgan fingerprint density at radius 2 is 1.48 bits per heavy atom. The Labute approximate surface area is 143 Å². The molecule has 1 atom stereocenters. The molecule has 0 aliphatic carbocycles. The molecule has 0 bridgehead atoms. The molecule has 3 aliphatic rings. The third kappa shape index (κ3) is 7.46. The van der Waals surface area contributed by atoms with E-state index in [0.29, 0.717) is 18.4 Å². The van der Waals surface area contributed by atoms with Crippen molar-refractivity contribution < 1.29 is 13.9 Å². The van der Waals surface area contributed by atoms with Gasteiger partial charge in [0.2, 0.25) is 0 Å². The van der Waals surface area contributed by atoms with Crippen LogP contribution in [0.2, 0.25) is 0 Å². The van der Waals surface area contributed by atoms with E-state index in [-0.39, 0.29) is 6.61 Å². The SMILES string of the molecule is CC.CC.CN1CCC2(COC2)C1.COCC1(F)CCN(C)C1. The predicted molar refractivity (Wildman–Crippen MR) is 95.9 cm³/mol. The summed E-state index contributed by atoms with van der Waals surface area (Å²) in [5, 5.41) is 0. The van der Waals surface area contributed by atoms with Crippen molar-refractivity contribution in [2.75, 3.05) is 67.2 Å². The van der Waals surface area contributed by atoms with Crippen LogP contribution in [0.4, 0.5) is 4.39 Å². The minimum atomic E-state index is -1.08. The zero-order valence-electron chi connectivity index (χ0n) is 16.5. The molecule has 140 valence electrons. The molecule has 1 spiro atoms. The monoisotopic (exact) mass is 334 g/mol. The third-order valence-electron chi connectivity index (χ3n) is 4.34. The van der Waals surface area contributed by atoms with Crippen molar-refractivity contribution in [3.63, 3.8) is 0 Å². The van der Waals surface area contributed by atoms with Gasteiger partial charge < -0.3 is 19.3 Å². The molecule has 0 aromatic rings. The lowest BCUT2D eigenvalue weighted by Gasteiger charge is -2.37. The number of methoxy groups -OCH3 is 1.